The molecule has 27 heavy (non-hydrogen) atoms. The van der Waals surface area contributed by atoms with Crippen molar-refractivity contribution in [2.24, 2.45) is 0 Å². The van der Waals surface area contributed by atoms with Gasteiger partial charge in [0.05, 0.1) is 17.6 Å². The van der Waals surface area contributed by atoms with Gasteiger partial charge in [0.25, 0.3) is 0 Å². The molecule has 2 aliphatic heterocycles. The minimum absolute atomic E-state index is 0.0194. The topological polar surface area (TPSA) is 70.1 Å². The van der Waals surface area contributed by atoms with Crippen molar-refractivity contribution in [3.05, 3.63) is 36.2 Å². The molecule has 1 amide bonds. The number of carbonyl (C=O) groups excluding carboxylic acids is 1. The first-order valence-electron chi connectivity index (χ1n) is 10.2. The van der Waals surface area contributed by atoms with Crippen LogP contribution in [0.3, 0.4) is 0 Å². The van der Waals surface area contributed by atoms with Crippen LogP contribution in [0.1, 0.15) is 57.0 Å². The van der Waals surface area contributed by atoms with Gasteiger partial charge in [-0.05, 0) is 38.8 Å². The average molecular weight is 371 g/mol. The van der Waals surface area contributed by atoms with Gasteiger partial charge in [-0.3, -0.25) is 14.4 Å². The van der Waals surface area contributed by atoms with Crippen LogP contribution in [-0.4, -0.2) is 61.6 Å². The Bertz CT molecular complexity index is 759. The monoisotopic (exact) mass is 370 g/mol. The van der Waals surface area contributed by atoms with E-state index in [2.05, 4.69) is 21.9 Å². The van der Waals surface area contributed by atoms with Gasteiger partial charge in [-0.2, -0.15) is 5.10 Å². The summed E-state index contributed by atoms with van der Waals surface area (Å²) >= 11 is 0. The molecule has 1 N–H and O–H groups in total. The number of fused-ring (bicyclic) bond motifs is 2. The number of likely N-dealkylation sites (tertiary alicyclic amines) is 1. The molecule has 2 aliphatic rings. The third-order valence-electron chi connectivity index (χ3n) is 6.36. The zero-order valence-corrected chi connectivity index (χ0v) is 16.4. The predicted octanol–water partition coefficient (Wildman–Crippen LogP) is 2.34. The van der Waals surface area contributed by atoms with E-state index in [0.717, 1.165) is 45.4 Å². The number of hydrogen-bond donors (Lipinski definition) is 1. The Morgan fingerprint density at radius 3 is 2.85 bits per heavy atom. The zero-order chi connectivity index (χ0) is 18.9. The number of amides is 1. The maximum Gasteiger partial charge on any atom is 0.247 e. The van der Waals surface area contributed by atoms with Gasteiger partial charge < -0.3 is 9.88 Å². The third-order valence-corrected chi connectivity index (χ3v) is 6.36. The highest BCUT2D eigenvalue weighted by Crippen LogP contribution is 2.42. The second-order valence-corrected chi connectivity index (χ2v) is 7.84. The molecule has 146 valence electrons. The Balaban J connectivity index is 1.51. The minimum Gasteiger partial charge on any atom is -0.348 e. The van der Waals surface area contributed by atoms with E-state index in [1.807, 2.05) is 30.4 Å². The van der Waals surface area contributed by atoms with Crippen molar-refractivity contribution in [1.29, 1.82) is 0 Å². The van der Waals surface area contributed by atoms with E-state index >= 15 is 0 Å². The van der Waals surface area contributed by atoms with Crippen molar-refractivity contribution in [3.8, 4) is 0 Å². The summed E-state index contributed by atoms with van der Waals surface area (Å²) in [5.74, 6) is 0.159. The fourth-order valence-electron chi connectivity index (χ4n) is 4.74. The number of unbranched alkanes of at least 4 members (excludes halogenated alkanes) is 1. The van der Waals surface area contributed by atoms with Crippen LogP contribution in [0.25, 0.3) is 0 Å². The lowest BCUT2D eigenvalue weighted by atomic mass is 9.78. The first-order chi connectivity index (χ1) is 13.2. The van der Waals surface area contributed by atoms with Crippen molar-refractivity contribution < 1.29 is 4.79 Å². The van der Waals surface area contributed by atoms with Crippen molar-refractivity contribution in [2.75, 3.05) is 26.2 Å². The molecule has 1 atom stereocenters. The fraction of sp³-hybridized carbons (Fsp3) is 0.650. The SMILES string of the molecule is CCCCN1CCc2[nH]cnc2C12CCN(C(=O)[C@H](C)n1cccn1)CC2. The highest BCUT2D eigenvalue weighted by Gasteiger charge is 2.47. The smallest absolute Gasteiger partial charge is 0.247 e. The summed E-state index contributed by atoms with van der Waals surface area (Å²) in [5, 5.41) is 4.23. The zero-order valence-electron chi connectivity index (χ0n) is 16.4. The van der Waals surface area contributed by atoms with Gasteiger partial charge in [-0.1, -0.05) is 13.3 Å². The van der Waals surface area contributed by atoms with Gasteiger partial charge in [0, 0.05) is 44.1 Å². The number of rotatable bonds is 5. The molecule has 1 spiro atoms. The quantitative estimate of drug-likeness (QED) is 0.877. The van der Waals surface area contributed by atoms with Crippen LogP contribution >= 0.6 is 0 Å². The molecule has 0 bridgehead atoms. The van der Waals surface area contributed by atoms with Crippen LogP contribution in [0.2, 0.25) is 0 Å². The summed E-state index contributed by atoms with van der Waals surface area (Å²) in [5.41, 5.74) is 2.48. The van der Waals surface area contributed by atoms with E-state index in [1.54, 1.807) is 10.9 Å². The highest BCUT2D eigenvalue weighted by atomic mass is 16.2. The van der Waals surface area contributed by atoms with Gasteiger partial charge in [-0.25, -0.2) is 4.98 Å². The van der Waals surface area contributed by atoms with Crippen LogP contribution in [-0.2, 0) is 16.8 Å². The molecule has 1 saturated heterocycles. The Kier molecular flexibility index (Phi) is 5.04. The van der Waals surface area contributed by atoms with Crippen molar-refractivity contribution in [1.82, 2.24) is 29.5 Å². The van der Waals surface area contributed by atoms with E-state index in [-0.39, 0.29) is 17.5 Å². The molecule has 7 heteroatoms. The Hall–Kier alpha value is -2.15. The third kappa shape index (κ3) is 3.18. The fourth-order valence-corrected chi connectivity index (χ4v) is 4.74. The lowest BCUT2D eigenvalue weighted by molar-refractivity contribution is -0.138. The van der Waals surface area contributed by atoms with Gasteiger partial charge in [0.15, 0.2) is 0 Å². The van der Waals surface area contributed by atoms with Crippen molar-refractivity contribution in [3.63, 3.8) is 0 Å². The molecule has 0 unspecified atom stereocenters. The Labute approximate surface area is 160 Å². The maximum atomic E-state index is 12.9. The molecule has 2 aromatic rings. The van der Waals surface area contributed by atoms with Crippen LogP contribution < -0.4 is 0 Å². The number of carbonyl (C=O) groups is 1. The summed E-state index contributed by atoms with van der Waals surface area (Å²) < 4.78 is 1.74. The standard InChI is InChI=1S/C20H30N6O/c1-3-4-10-25-12-6-17-18(22-15-21-17)20(25)7-13-24(14-8-20)19(27)16(2)26-11-5-9-23-26/h5,9,11,15-16H,3-4,6-8,10,12-14H2,1-2H3,(H,21,22)/t16-/m0/s1. The largest absolute Gasteiger partial charge is 0.348 e. The summed E-state index contributed by atoms with van der Waals surface area (Å²) in [7, 11) is 0. The molecule has 4 heterocycles. The first kappa shape index (κ1) is 18.2. The molecule has 2 aromatic heterocycles. The minimum atomic E-state index is -0.252. The van der Waals surface area contributed by atoms with Gasteiger partial charge >= 0.3 is 0 Å². The van der Waals surface area contributed by atoms with Crippen LogP contribution in [0.5, 0.6) is 0 Å². The molecule has 1 fully saturated rings. The molecular formula is C20H30N6O. The molecular weight excluding hydrogens is 340 g/mol. The molecule has 0 aromatic carbocycles. The number of H-pyrrole nitrogens is 1. The van der Waals surface area contributed by atoms with E-state index in [9.17, 15) is 4.79 Å². The number of aromatic nitrogens is 4. The van der Waals surface area contributed by atoms with E-state index in [0.29, 0.717) is 0 Å². The maximum absolute atomic E-state index is 12.9. The lowest BCUT2D eigenvalue weighted by Gasteiger charge is -2.51. The number of aromatic amines is 1. The molecule has 4 rings (SSSR count). The highest BCUT2D eigenvalue weighted by molar-refractivity contribution is 5.80. The van der Waals surface area contributed by atoms with E-state index < -0.39 is 0 Å². The summed E-state index contributed by atoms with van der Waals surface area (Å²) in [6.45, 7) is 7.92. The second-order valence-electron chi connectivity index (χ2n) is 7.84. The number of nitrogens with zero attached hydrogens (tertiary/aromatic N) is 5. The predicted molar refractivity (Wildman–Crippen MR) is 103 cm³/mol. The molecule has 7 nitrogen and oxygen atoms in total. The van der Waals surface area contributed by atoms with E-state index in [1.165, 1.54) is 24.2 Å². The summed E-state index contributed by atoms with van der Waals surface area (Å²) in [6.07, 6.45) is 10.8. The normalized spacial score (nSPS) is 20.6. The first-order valence-corrected chi connectivity index (χ1v) is 10.2. The Morgan fingerprint density at radius 1 is 1.33 bits per heavy atom. The van der Waals surface area contributed by atoms with Gasteiger partial charge in [-0.15, -0.1) is 0 Å². The summed E-state index contributed by atoms with van der Waals surface area (Å²) in [4.78, 5) is 25.7. The molecule has 0 aliphatic carbocycles. The van der Waals surface area contributed by atoms with Crippen molar-refractivity contribution >= 4 is 5.91 Å². The number of hydrogen-bond acceptors (Lipinski definition) is 4. The summed E-state index contributed by atoms with van der Waals surface area (Å²) in [6, 6.07) is 1.61. The number of piperidine rings is 1. The van der Waals surface area contributed by atoms with Gasteiger partial charge in [0.1, 0.15) is 6.04 Å². The number of nitrogens with one attached hydrogen (secondary N) is 1. The van der Waals surface area contributed by atoms with Crippen molar-refractivity contribution in [2.45, 2.75) is 57.5 Å². The van der Waals surface area contributed by atoms with Crippen LogP contribution in [0, 0.1) is 0 Å². The Morgan fingerprint density at radius 2 is 2.15 bits per heavy atom. The van der Waals surface area contributed by atoms with E-state index in [4.69, 9.17) is 4.98 Å². The second kappa shape index (κ2) is 7.46. The van der Waals surface area contributed by atoms with Gasteiger partial charge in [0.2, 0.25) is 5.91 Å². The number of imidazole rings is 1. The average Bonchev–Trinajstić information content (AvgIpc) is 3.39. The molecule has 0 radical (unpaired) electrons. The van der Waals surface area contributed by atoms with Crippen LogP contribution in [0.4, 0.5) is 0 Å². The molecule has 0 saturated carbocycles. The van der Waals surface area contributed by atoms with Crippen LogP contribution in [0.15, 0.2) is 24.8 Å². The lowest BCUT2D eigenvalue weighted by Crippen LogP contribution is -2.57.